The fraction of sp³-hybridized carbons (Fsp3) is 0.0526. The van der Waals surface area contributed by atoms with Crippen molar-refractivity contribution in [1.29, 1.82) is 0 Å². The van der Waals surface area contributed by atoms with Gasteiger partial charge in [0.15, 0.2) is 0 Å². The lowest BCUT2D eigenvalue weighted by molar-refractivity contribution is 0.660. The molecule has 1 aliphatic rings. The van der Waals surface area contributed by atoms with Crippen LogP contribution < -0.4 is 9.80 Å². The molecule has 0 radical (unpaired) electrons. The summed E-state index contributed by atoms with van der Waals surface area (Å²) in [5, 5.41) is 2.51. The second kappa shape index (κ2) is 14.3. The maximum atomic E-state index is 2.46. The van der Waals surface area contributed by atoms with Crippen LogP contribution in [0.4, 0.5) is 34.1 Å². The zero-order valence-corrected chi connectivity index (χ0v) is 33.7. The number of aromatic nitrogens is 1. The smallest absolute Gasteiger partial charge is 0.0547 e. The van der Waals surface area contributed by atoms with E-state index < -0.39 is 0 Å². The molecule has 0 atom stereocenters. The molecule has 0 saturated heterocycles. The van der Waals surface area contributed by atoms with E-state index in [2.05, 4.69) is 253 Å². The molecule has 0 N–H and O–H groups in total. The van der Waals surface area contributed by atoms with Crippen LogP contribution in [-0.4, -0.2) is 4.57 Å². The van der Waals surface area contributed by atoms with E-state index in [-0.39, 0.29) is 5.41 Å². The van der Waals surface area contributed by atoms with Gasteiger partial charge in [-0.1, -0.05) is 141 Å². The molecule has 3 nitrogen and oxygen atoms in total. The van der Waals surface area contributed by atoms with Crippen LogP contribution in [0, 0.1) is 0 Å². The average Bonchev–Trinajstić information content (AvgIpc) is 3.76. The van der Waals surface area contributed by atoms with Crippen molar-refractivity contribution in [2.75, 3.05) is 9.80 Å². The highest BCUT2D eigenvalue weighted by molar-refractivity contribution is 6.16. The fourth-order valence-electron chi connectivity index (χ4n) is 9.52. The van der Waals surface area contributed by atoms with Gasteiger partial charge in [-0.25, -0.2) is 0 Å². The van der Waals surface area contributed by atoms with Crippen LogP contribution >= 0.6 is 0 Å². The number of benzene rings is 9. The highest BCUT2D eigenvalue weighted by Gasteiger charge is 2.36. The van der Waals surface area contributed by atoms with Gasteiger partial charge in [0, 0.05) is 56.0 Å². The maximum absolute atomic E-state index is 2.46. The third-order valence-corrected chi connectivity index (χ3v) is 12.4. The van der Waals surface area contributed by atoms with Gasteiger partial charge in [0.1, 0.15) is 0 Å². The van der Waals surface area contributed by atoms with Gasteiger partial charge in [-0.2, -0.15) is 0 Å². The third-order valence-electron chi connectivity index (χ3n) is 12.4. The Labute approximate surface area is 351 Å². The first kappa shape index (κ1) is 35.5. The Morgan fingerprint density at radius 2 is 0.800 bits per heavy atom. The van der Waals surface area contributed by atoms with Gasteiger partial charge in [0.2, 0.25) is 0 Å². The monoisotopic (exact) mass is 769 g/mol. The van der Waals surface area contributed by atoms with E-state index in [0.717, 1.165) is 34.1 Å². The van der Waals surface area contributed by atoms with Crippen molar-refractivity contribution in [3.05, 3.63) is 236 Å². The molecule has 0 spiro atoms. The lowest BCUT2D eigenvalue weighted by atomic mass is 9.82. The van der Waals surface area contributed by atoms with Crippen LogP contribution in [0.1, 0.15) is 25.0 Å². The van der Waals surface area contributed by atoms with Crippen LogP contribution in [0.3, 0.4) is 0 Å². The Hall–Kier alpha value is -7.62. The summed E-state index contributed by atoms with van der Waals surface area (Å²) in [6.07, 6.45) is 0. The van der Waals surface area contributed by atoms with Gasteiger partial charge in [0.25, 0.3) is 0 Å². The number of nitrogens with zero attached hydrogens (tertiary/aromatic N) is 3. The normalized spacial score (nSPS) is 12.6. The van der Waals surface area contributed by atoms with Crippen LogP contribution in [0.15, 0.2) is 224 Å². The Morgan fingerprint density at radius 3 is 1.38 bits per heavy atom. The summed E-state index contributed by atoms with van der Waals surface area (Å²) >= 11 is 0. The van der Waals surface area contributed by atoms with Gasteiger partial charge in [-0.3, -0.25) is 0 Å². The minimum atomic E-state index is -0.214. The Bertz CT molecular complexity index is 3070. The van der Waals surface area contributed by atoms with Gasteiger partial charge in [-0.15, -0.1) is 0 Å². The van der Waals surface area contributed by atoms with Crippen molar-refractivity contribution in [3.8, 4) is 27.9 Å². The molecule has 10 aromatic rings. The van der Waals surface area contributed by atoms with Crippen LogP contribution in [-0.2, 0) is 5.41 Å². The SMILES string of the molecule is CC1(C)c2cc(N(c3ccccc3)c3ccccc3)ccc2-c2ccc(-n3c4ccccc4c4c(-c5ccc(N(c6ccccc6)c6ccccc6)cc5)cccc43)cc21. The Kier molecular flexibility index (Phi) is 8.49. The molecule has 9 aromatic carbocycles. The zero-order chi connectivity index (χ0) is 40.2. The predicted octanol–water partition coefficient (Wildman–Crippen LogP) is 15.7. The molecule has 0 amide bonds. The molecule has 0 fully saturated rings. The van der Waals surface area contributed by atoms with Crippen molar-refractivity contribution in [3.63, 3.8) is 0 Å². The van der Waals surface area contributed by atoms with E-state index in [0.29, 0.717) is 0 Å². The number of hydrogen-bond acceptors (Lipinski definition) is 2. The van der Waals surface area contributed by atoms with Crippen LogP contribution in [0.2, 0.25) is 0 Å². The minimum absolute atomic E-state index is 0.214. The van der Waals surface area contributed by atoms with Crippen LogP contribution in [0.25, 0.3) is 49.7 Å². The van der Waals surface area contributed by atoms with E-state index in [1.165, 1.54) is 60.9 Å². The summed E-state index contributed by atoms with van der Waals surface area (Å²) in [4.78, 5) is 4.67. The van der Waals surface area contributed by atoms with E-state index in [1.807, 2.05) is 0 Å². The zero-order valence-electron chi connectivity index (χ0n) is 33.7. The summed E-state index contributed by atoms with van der Waals surface area (Å²) in [6.45, 7) is 4.76. The third kappa shape index (κ3) is 5.81. The first-order valence-corrected chi connectivity index (χ1v) is 20.8. The van der Waals surface area contributed by atoms with E-state index in [4.69, 9.17) is 0 Å². The van der Waals surface area contributed by atoms with E-state index in [9.17, 15) is 0 Å². The molecule has 1 aliphatic carbocycles. The van der Waals surface area contributed by atoms with Gasteiger partial charge in [-0.05, 0) is 130 Å². The lowest BCUT2D eigenvalue weighted by Crippen LogP contribution is -2.17. The number of hydrogen-bond donors (Lipinski definition) is 0. The second-order valence-electron chi connectivity index (χ2n) is 16.2. The summed E-state index contributed by atoms with van der Waals surface area (Å²) < 4.78 is 2.46. The molecule has 11 rings (SSSR count). The Morgan fingerprint density at radius 1 is 0.350 bits per heavy atom. The van der Waals surface area contributed by atoms with Gasteiger partial charge in [0.05, 0.1) is 11.0 Å². The molecule has 3 heteroatoms. The maximum Gasteiger partial charge on any atom is 0.0547 e. The second-order valence-corrected chi connectivity index (χ2v) is 16.2. The highest BCUT2D eigenvalue weighted by atomic mass is 15.1. The highest BCUT2D eigenvalue weighted by Crippen LogP contribution is 2.52. The molecule has 0 aliphatic heterocycles. The van der Waals surface area contributed by atoms with Crippen molar-refractivity contribution in [2.45, 2.75) is 19.3 Å². The first-order valence-electron chi connectivity index (χ1n) is 20.8. The predicted molar refractivity (Wildman–Crippen MR) is 253 cm³/mol. The largest absolute Gasteiger partial charge is 0.311 e. The average molecular weight is 770 g/mol. The van der Waals surface area contributed by atoms with Crippen LogP contribution in [0.5, 0.6) is 0 Å². The summed E-state index contributed by atoms with van der Waals surface area (Å²) in [7, 11) is 0. The summed E-state index contributed by atoms with van der Waals surface area (Å²) in [5.41, 5.74) is 17.9. The van der Waals surface area contributed by atoms with Crippen molar-refractivity contribution >= 4 is 55.9 Å². The molecule has 286 valence electrons. The van der Waals surface area contributed by atoms with Gasteiger partial charge >= 0.3 is 0 Å². The number of para-hydroxylation sites is 5. The quantitative estimate of drug-likeness (QED) is 0.152. The molecule has 0 unspecified atom stereocenters. The standard InChI is InChI=1S/C57H43N3/c1-57(2)52-38-46(59(43-22-11-5-12-23-43)44-24-13-6-14-25-44)34-36-49(52)50-37-35-47(39-53(50)57)60-54-28-16-15-26-51(54)56-48(27-17-29-55(56)60)40-30-32-45(33-31-40)58(41-18-7-3-8-19-41)42-20-9-4-10-21-42/h3-39H,1-2H3. The Balaban J connectivity index is 1.00. The van der Waals surface area contributed by atoms with Crippen molar-refractivity contribution < 1.29 is 0 Å². The lowest BCUT2D eigenvalue weighted by Gasteiger charge is -2.28. The summed E-state index contributed by atoms with van der Waals surface area (Å²) in [5.74, 6) is 0. The molecule has 0 saturated carbocycles. The number of rotatable bonds is 8. The molecular formula is C57H43N3. The van der Waals surface area contributed by atoms with Crippen molar-refractivity contribution in [2.24, 2.45) is 0 Å². The van der Waals surface area contributed by atoms with E-state index >= 15 is 0 Å². The van der Waals surface area contributed by atoms with E-state index in [1.54, 1.807) is 0 Å². The number of fused-ring (bicyclic) bond motifs is 6. The molecular weight excluding hydrogens is 727 g/mol. The molecule has 1 heterocycles. The summed E-state index contributed by atoms with van der Waals surface area (Å²) in [6, 6.07) is 81.3. The molecule has 60 heavy (non-hydrogen) atoms. The minimum Gasteiger partial charge on any atom is -0.311 e. The topological polar surface area (TPSA) is 11.4 Å². The fourth-order valence-corrected chi connectivity index (χ4v) is 9.52. The molecule has 0 bridgehead atoms. The number of anilines is 6. The molecule has 1 aromatic heterocycles. The van der Waals surface area contributed by atoms with Crippen molar-refractivity contribution in [1.82, 2.24) is 4.57 Å². The van der Waals surface area contributed by atoms with Gasteiger partial charge < -0.3 is 14.4 Å². The first-order chi connectivity index (χ1) is 29.5.